The minimum atomic E-state index is 0.892. The van der Waals surface area contributed by atoms with Crippen molar-refractivity contribution in [2.75, 3.05) is 4.90 Å². The van der Waals surface area contributed by atoms with Gasteiger partial charge in [-0.1, -0.05) is 72.8 Å². The van der Waals surface area contributed by atoms with Gasteiger partial charge in [-0.15, -0.1) is 0 Å². The van der Waals surface area contributed by atoms with Gasteiger partial charge in [0.25, 0.3) is 0 Å². The summed E-state index contributed by atoms with van der Waals surface area (Å²) in [4.78, 5) is 2.44. The Labute approximate surface area is 187 Å². The summed E-state index contributed by atoms with van der Waals surface area (Å²) >= 11 is 0. The van der Waals surface area contributed by atoms with Gasteiger partial charge in [-0.2, -0.15) is 0 Å². The van der Waals surface area contributed by atoms with Crippen LogP contribution in [0.2, 0.25) is 0 Å². The van der Waals surface area contributed by atoms with Crippen molar-refractivity contribution in [3.05, 3.63) is 121 Å². The molecule has 6 rings (SSSR count). The summed E-state index contributed by atoms with van der Waals surface area (Å²) in [6.45, 7) is 0. The molecule has 0 bridgehead atoms. The molecule has 1 aliphatic carbocycles. The summed E-state index contributed by atoms with van der Waals surface area (Å²) in [5, 5.41) is 4.89. The van der Waals surface area contributed by atoms with Crippen molar-refractivity contribution >= 4 is 32.9 Å². The molecular formula is C30H23NO. The Morgan fingerprint density at radius 1 is 0.719 bits per heavy atom. The fourth-order valence-electron chi connectivity index (χ4n) is 4.75. The quantitative estimate of drug-likeness (QED) is 0.274. The highest BCUT2D eigenvalue weighted by Crippen LogP contribution is 2.44. The molecular weight excluding hydrogens is 390 g/mol. The standard InChI is InChI=1S/C30H23NO/c1-3-12-23(13-4-1)31(24-14-5-2-6-15-24)30-25-16-8-7-11-22(25)21-28-26(17-9-18-27(28)30)29-19-10-20-32-29/h1-5,7-14,16-21H,6,15H2. The molecule has 0 amide bonds. The predicted molar refractivity (Wildman–Crippen MR) is 134 cm³/mol. The molecule has 1 aromatic heterocycles. The van der Waals surface area contributed by atoms with Gasteiger partial charge >= 0.3 is 0 Å². The second-order valence-electron chi connectivity index (χ2n) is 8.12. The lowest BCUT2D eigenvalue weighted by Crippen LogP contribution is -2.18. The van der Waals surface area contributed by atoms with Crippen molar-refractivity contribution in [1.82, 2.24) is 0 Å². The summed E-state index contributed by atoms with van der Waals surface area (Å²) in [6, 6.07) is 32.2. The van der Waals surface area contributed by atoms with E-state index < -0.39 is 0 Å². The summed E-state index contributed by atoms with van der Waals surface area (Å²) in [6.07, 6.45) is 10.5. The van der Waals surface area contributed by atoms with E-state index in [0.717, 1.165) is 24.2 Å². The highest BCUT2D eigenvalue weighted by Gasteiger charge is 2.21. The van der Waals surface area contributed by atoms with Crippen LogP contribution in [0.25, 0.3) is 32.9 Å². The highest BCUT2D eigenvalue weighted by atomic mass is 16.3. The number of hydrogen-bond acceptors (Lipinski definition) is 2. The number of fused-ring (bicyclic) bond motifs is 2. The van der Waals surface area contributed by atoms with Crippen LogP contribution in [0.4, 0.5) is 11.4 Å². The molecule has 2 heteroatoms. The van der Waals surface area contributed by atoms with Gasteiger partial charge in [-0.05, 0) is 60.0 Å². The van der Waals surface area contributed by atoms with Crippen molar-refractivity contribution in [2.45, 2.75) is 12.8 Å². The number of anilines is 2. The Morgan fingerprint density at radius 2 is 1.56 bits per heavy atom. The Balaban J connectivity index is 1.74. The zero-order chi connectivity index (χ0) is 21.3. The lowest BCUT2D eigenvalue weighted by atomic mass is 9.94. The second-order valence-corrected chi connectivity index (χ2v) is 8.12. The van der Waals surface area contributed by atoms with Gasteiger partial charge in [0.15, 0.2) is 0 Å². The molecule has 32 heavy (non-hydrogen) atoms. The van der Waals surface area contributed by atoms with E-state index in [9.17, 15) is 0 Å². The SMILES string of the molecule is C1=CCCC(N(c2ccccc2)c2c3ccccc3cc3c(-c4ccco4)cccc23)=C1. The maximum Gasteiger partial charge on any atom is 0.134 e. The van der Waals surface area contributed by atoms with Gasteiger partial charge < -0.3 is 9.32 Å². The van der Waals surface area contributed by atoms with Gasteiger partial charge in [0, 0.05) is 27.7 Å². The Morgan fingerprint density at radius 3 is 2.38 bits per heavy atom. The van der Waals surface area contributed by atoms with Gasteiger partial charge in [-0.25, -0.2) is 0 Å². The molecule has 0 spiro atoms. The van der Waals surface area contributed by atoms with Crippen molar-refractivity contribution in [3.63, 3.8) is 0 Å². The summed E-state index contributed by atoms with van der Waals surface area (Å²) < 4.78 is 5.81. The Kier molecular flexibility index (Phi) is 4.62. The molecule has 0 atom stereocenters. The molecule has 0 saturated heterocycles. The lowest BCUT2D eigenvalue weighted by Gasteiger charge is -2.31. The van der Waals surface area contributed by atoms with Crippen LogP contribution >= 0.6 is 0 Å². The molecule has 0 fully saturated rings. The van der Waals surface area contributed by atoms with E-state index in [4.69, 9.17) is 4.42 Å². The van der Waals surface area contributed by atoms with E-state index >= 15 is 0 Å². The first-order valence-electron chi connectivity index (χ1n) is 11.1. The van der Waals surface area contributed by atoms with E-state index in [1.54, 1.807) is 6.26 Å². The fraction of sp³-hybridized carbons (Fsp3) is 0.0667. The number of furan rings is 1. The molecule has 4 aromatic carbocycles. The van der Waals surface area contributed by atoms with Crippen LogP contribution in [-0.2, 0) is 0 Å². The molecule has 0 radical (unpaired) electrons. The molecule has 0 aliphatic heterocycles. The minimum absolute atomic E-state index is 0.892. The highest BCUT2D eigenvalue weighted by molar-refractivity contribution is 6.16. The number of para-hydroxylation sites is 1. The first-order valence-corrected chi connectivity index (χ1v) is 11.1. The maximum absolute atomic E-state index is 5.81. The summed E-state index contributed by atoms with van der Waals surface area (Å²) in [5.74, 6) is 0.892. The maximum atomic E-state index is 5.81. The first-order chi connectivity index (χ1) is 15.9. The number of benzene rings is 4. The molecule has 0 unspecified atom stereocenters. The predicted octanol–water partition coefficient (Wildman–Crippen LogP) is 8.63. The van der Waals surface area contributed by atoms with Gasteiger partial charge in [-0.3, -0.25) is 0 Å². The van der Waals surface area contributed by atoms with Gasteiger partial charge in [0.05, 0.1) is 12.0 Å². The number of hydrogen-bond donors (Lipinski definition) is 0. The molecule has 0 saturated carbocycles. The van der Waals surface area contributed by atoms with E-state index in [0.29, 0.717) is 0 Å². The third kappa shape index (κ3) is 3.12. The zero-order valence-electron chi connectivity index (χ0n) is 17.7. The van der Waals surface area contributed by atoms with E-state index in [-0.39, 0.29) is 0 Å². The van der Waals surface area contributed by atoms with Crippen LogP contribution in [0.1, 0.15) is 12.8 Å². The molecule has 5 aromatic rings. The number of allylic oxidation sites excluding steroid dienone is 4. The van der Waals surface area contributed by atoms with Crippen LogP contribution in [0.15, 0.2) is 126 Å². The number of rotatable bonds is 4. The average Bonchev–Trinajstić information content (AvgIpc) is 3.40. The van der Waals surface area contributed by atoms with Crippen LogP contribution in [0.3, 0.4) is 0 Å². The van der Waals surface area contributed by atoms with Crippen molar-refractivity contribution in [3.8, 4) is 11.3 Å². The van der Waals surface area contributed by atoms with Gasteiger partial charge in [0.2, 0.25) is 0 Å². The zero-order valence-corrected chi connectivity index (χ0v) is 17.7. The fourth-order valence-corrected chi connectivity index (χ4v) is 4.75. The third-order valence-corrected chi connectivity index (χ3v) is 6.18. The average molecular weight is 414 g/mol. The monoisotopic (exact) mass is 413 g/mol. The largest absolute Gasteiger partial charge is 0.464 e. The summed E-state index contributed by atoms with van der Waals surface area (Å²) in [5.41, 5.74) is 4.82. The summed E-state index contributed by atoms with van der Waals surface area (Å²) in [7, 11) is 0. The molecule has 2 nitrogen and oxygen atoms in total. The molecule has 154 valence electrons. The lowest BCUT2D eigenvalue weighted by molar-refractivity contribution is 0.583. The number of nitrogens with zero attached hydrogens (tertiary/aromatic N) is 1. The normalized spacial score (nSPS) is 13.4. The minimum Gasteiger partial charge on any atom is -0.464 e. The van der Waals surface area contributed by atoms with Crippen molar-refractivity contribution < 1.29 is 4.42 Å². The Bertz CT molecular complexity index is 1460. The van der Waals surface area contributed by atoms with E-state index in [1.807, 2.05) is 12.1 Å². The molecule has 1 aliphatic rings. The van der Waals surface area contributed by atoms with Crippen LogP contribution in [0.5, 0.6) is 0 Å². The molecule has 1 heterocycles. The third-order valence-electron chi connectivity index (χ3n) is 6.18. The molecule has 0 N–H and O–H groups in total. The van der Waals surface area contributed by atoms with E-state index in [1.165, 1.54) is 38.6 Å². The van der Waals surface area contributed by atoms with Crippen molar-refractivity contribution in [2.24, 2.45) is 0 Å². The van der Waals surface area contributed by atoms with Crippen LogP contribution in [0, 0.1) is 0 Å². The van der Waals surface area contributed by atoms with Crippen LogP contribution < -0.4 is 4.90 Å². The van der Waals surface area contributed by atoms with Crippen LogP contribution in [-0.4, -0.2) is 0 Å². The van der Waals surface area contributed by atoms with Crippen molar-refractivity contribution in [1.29, 1.82) is 0 Å². The topological polar surface area (TPSA) is 16.4 Å². The second kappa shape index (κ2) is 7.90. The van der Waals surface area contributed by atoms with Gasteiger partial charge in [0.1, 0.15) is 5.76 Å². The van der Waals surface area contributed by atoms with E-state index in [2.05, 4.69) is 102 Å². The smallest absolute Gasteiger partial charge is 0.134 e. The first kappa shape index (κ1) is 18.7. The Hall–Kier alpha value is -4.04.